The molecular formula is C11H22NO5PS. The lowest BCUT2D eigenvalue weighted by atomic mass is 10.1. The Hall–Kier alpha value is -0.490. The number of thiocarbonyl (C=S) groups is 1. The van der Waals surface area contributed by atoms with Gasteiger partial charge in [0, 0.05) is 0 Å². The molecule has 0 amide bonds. The highest BCUT2D eigenvalue weighted by atomic mass is 32.1. The fourth-order valence-electron chi connectivity index (χ4n) is 1.43. The molecular weight excluding hydrogens is 289 g/mol. The van der Waals surface area contributed by atoms with Gasteiger partial charge in [0.2, 0.25) is 0 Å². The highest BCUT2D eigenvalue weighted by molar-refractivity contribution is 7.81. The van der Waals surface area contributed by atoms with Gasteiger partial charge in [0.15, 0.2) is 0 Å². The van der Waals surface area contributed by atoms with Crippen molar-refractivity contribution in [1.29, 1.82) is 0 Å². The molecule has 8 heteroatoms. The van der Waals surface area contributed by atoms with Crippen LogP contribution >= 0.6 is 19.8 Å². The highest BCUT2D eigenvalue weighted by Crippen LogP contribution is 2.47. The lowest BCUT2D eigenvalue weighted by molar-refractivity contribution is -0.140. The van der Waals surface area contributed by atoms with E-state index in [0.717, 1.165) is 0 Å². The molecule has 0 spiro atoms. The molecule has 1 atom stereocenters. The zero-order chi connectivity index (χ0) is 15.1. The van der Waals surface area contributed by atoms with Crippen LogP contribution in [0.3, 0.4) is 0 Å². The average molecular weight is 311 g/mol. The van der Waals surface area contributed by atoms with Gasteiger partial charge < -0.3 is 19.5 Å². The summed E-state index contributed by atoms with van der Waals surface area (Å²) in [5.74, 6) is -1.14. The minimum absolute atomic E-state index is 0.111. The van der Waals surface area contributed by atoms with E-state index in [-0.39, 0.29) is 30.3 Å². The predicted octanol–water partition coefficient (Wildman–Crippen LogP) is 2.28. The van der Waals surface area contributed by atoms with Gasteiger partial charge in [0.05, 0.1) is 18.2 Å². The fraction of sp³-hybridized carbons (Fsp3) is 0.818. The second-order valence-corrected chi connectivity index (χ2v) is 6.78. The summed E-state index contributed by atoms with van der Waals surface area (Å²) in [6, 6.07) is -0.816. The molecule has 1 unspecified atom stereocenters. The topological polar surface area (TPSA) is 84.9 Å². The Labute approximate surface area is 119 Å². The quantitative estimate of drug-likeness (QED) is 0.499. The first-order valence-corrected chi connectivity index (χ1v) is 8.29. The van der Waals surface area contributed by atoms with Crippen LogP contribution in [0.15, 0.2) is 0 Å². The van der Waals surface area contributed by atoms with Crippen molar-refractivity contribution < 1.29 is 23.5 Å². The lowest BCUT2D eigenvalue weighted by Gasteiger charge is -2.22. The van der Waals surface area contributed by atoms with Gasteiger partial charge in [-0.25, -0.2) is 4.79 Å². The number of nitrogens with one attached hydrogen (secondary N) is 1. The summed E-state index contributed by atoms with van der Waals surface area (Å²) in [5, 5.41) is 11.7. The molecule has 19 heavy (non-hydrogen) atoms. The summed E-state index contributed by atoms with van der Waals surface area (Å²) >= 11 is 5.04. The van der Waals surface area contributed by atoms with Crippen molar-refractivity contribution >= 4 is 30.8 Å². The minimum atomic E-state index is -3.29. The summed E-state index contributed by atoms with van der Waals surface area (Å²) in [6.07, 6.45) is -0.111. The Morgan fingerprint density at radius 2 is 1.79 bits per heavy atom. The van der Waals surface area contributed by atoms with Gasteiger partial charge in [-0.3, -0.25) is 4.57 Å². The summed E-state index contributed by atoms with van der Waals surface area (Å²) < 4.78 is 22.4. The van der Waals surface area contributed by atoms with Gasteiger partial charge in [-0.15, -0.1) is 0 Å². The number of hydrogen-bond donors (Lipinski definition) is 2. The van der Waals surface area contributed by atoms with E-state index in [2.05, 4.69) is 5.32 Å². The van der Waals surface area contributed by atoms with Crippen LogP contribution in [-0.2, 0) is 18.4 Å². The van der Waals surface area contributed by atoms with E-state index >= 15 is 0 Å². The Morgan fingerprint density at radius 1 is 1.32 bits per heavy atom. The van der Waals surface area contributed by atoms with Crippen LogP contribution in [0, 0.1) is 5.92 Å². The van der Waals surface area contributed by atoms with E-state index in [1.165, 1.54) is 0 Å². The normalized spacial score (nSPS) is 13.3. The van der Waals surface area contributed by atoms with Crippen molar-refractivity contribution in [2.75, 3.05) is 19.4 Å². The molecule has 0 bridgehead atoms. The average Bonchev–Trinajstić information content (AvgIpc) is 2.25. The first kappa shape index (κ1) is 18.5. The van der Waals surface area contributed by atoms with Gasteiger partial charge in [-0.05, 0) is 19.8 Å². The Balaban J connectivity index is 4.65. The molecule has 0 aromatic rings. The van der Waals surface area contributed by atoms with Gasteiger partial charge in [0.25, 0.3) is 0 Å². The van der Waals surface area contributed by atoms with Crippen LogP contribution in [0.1, 0.15) is 27.7 Å². The monoisotopic (exact) mass is 311 g/mol. The second kappa shape index (κ2) is 8.64. The highest BCUT2D eigenvalue weighted by Gasteiger charge is 2.29. The van der Waals surface area contributed by atoms with Gasteiger partial charge >= 0.3 is 13.6 Å². The molecule has 0 rings (SSSR count). The summed E-state index contributed by atoms with van der Waals surface area (Å²) in [5.41, 5.74) is 0. The first-order valence-electron chi connectivity index (χ1n) is 6.16. The number of carboxylic acids is 1. The van der Waals surface area contributed by atoms with Crippen LogP contribution in [0.5, 0.6) is 0 Å². The third-order valence-corrected chi connectivity index (χ3v) is 4.72. The SMILES string of the molecule is CCOP(=O)(CC(=S)NC(C(=O)O)C(C)C)OCC. The molecule has 112 valence electrons. The lowest BCUT2D eigenvalue weighted by Crippen LogP contribution is -2.44. The number of rotatable bonds is 9. The molecule has 0 saturated heterocycles. The molecule has 0 aliphatic heterocycles. The van der Waals surface area contributed by atoms with Crippen LogP contribution in [0.2, 0.25) is 0 Å². The van der Waals surface area contributed by atoms with Crippen molar-refractivity contribution in [2.45, 2.75) is 33.7 Å². The van der Waals surface area contributed by atoms with Crippen LogP contribution in [0.25, 0.3) is 0 Å². The molecule has 0 aliphatic rings. The first-order chi connectivity index (χ1) is 8.75. The smallest absolute Gasteiger partial charge is 0.337 e. The Kier molecular flexibility index (Phi) is 8.41. The van der Waals surface area contributed by atoms with Crippen molar-refractivity contribution in [3.05, 3.63) is 0 Å². The van der Waals surface area contributed by atoms with Crippen molar-refractivity contribution in [3.8, 4) is 0 Å². The minimum Gasteiger partial charge on any atom is -0.480 e. The van der Waals surface area contributed by atoms with Crippen LogP contribution in [0.4, 0.5) is 0 Å². The maximum absolute atomic E-state index is 12.2. The predicted molar refractivity (Wildman–Crippen MR) is 77.7 cm³/mol. The van der Waals surface area contributed by atoms with Gasteiger partial charge in [-0.2, -0.15) is 0 Å². The molecule has 0 heterocycles. The molecule has 0 aliphatic carbocycles. The maximum Gasteiger partial charge on any atom is 0.337 e. The Bertz CT molecular complexity index is 351. The fourth-order valence-corrected chi connectivity index (χ4v) is 3.52. The standard InChI is InChI=1S/C11H22NO5PS/c1-5-16-18(15,17-6-2)7-9(19)12-10(8(3)4)11(13)14/h8,10H,5-7H2,1-4H3,(H,12,19)(H,13,14). The van der Waals surface area contributed by atoms with E-state index in [0.29, 0.717) is 0 Å². The molecule has 0 saturated carbocycles. The van der Waals surface area contributed by atoms with Crippen LogP contribution < -0.4 is 5.32 Å². The molecule has 6 nitrogen and oxygen atoms in total. The number of carboxylic acid groups (broad SMARTS) is 1. The summed E-state index contributed by atoms with van der Waals surface area (Å²) in [6.45, 7) is 7.42. The zero-order valence-corrected chi connectivity index (χ0v) is 13.4. The largest absolute Gasteiger partial charge is 0.480 e. The molecule has 0 aromatic carbocycles. The molecule has 0 radical (unpaired) electrons. The third-order valence-electron chi connectivity index (χ3n) is 2.24. The molecule has 2 N–H and O–H groups in total. The van der Waals surface area contributed by atoms with Gasteiger partial charge in [-0.1, -0.05) is 26.1 Å². The van der Waals surface area contributed by atoms with E-state index in [1.54, 1.807) is 27.7 Å². The summed E-state index contributed by atoms with van der Waals surface area (Å²) in [7, 11) is -3.29. The third kappa shape index (κ3) is 7.01. The Morgan fingerprint density at radius 3 is 2.11 bits per heavy atom. The molecule has 0 aromatic heterocycles. The van der Waals surface area contributed by atoms with Crippen molar-refractivity contribution in [1.82, 2.24) is 5.32 Å². The van der Waals surface area contributed by atoms with E-state index in [4.69, 9.17) is 26.4 Å². The summed E-state index contributed by atoms with van der Waals surface area (Å²) in [4.78, 5) is 11.2. The zero-order valence-electron chi connectivity index (χ0n) is 11.7. The van der Waals surface area contributed by atoms with E-state index in [1.807, 2.05) is 0 Å². The number of hydrogen-bond acceptors (Lipinski definition) is 5. The molecule has 0 fully saturated rings. The van der Waals surface area contributed by atoms with E-state index < -0.39 is 19.6 Å². The maximum atomic E-state index is 12.2. The number of aliphatic carboxylic acids is 1. The van der Waals surface area contributed by atoms with Crippen LogP contribution in [-0.4, -0.2) is 41.5 Å². The van der Waals surface area contributed by atoms with E-state index in [9.17, 15) is 9.36 Å². The van der Waals surface area contributed by atoms with Gasteiger partial charge in [0.1, 0.15) is 12.2 Å². The number of carbonyl (C=O) groups is 1. The van der Waals surface area contributed by atoms with Crippen molar-refractivity contribution in [3.63, 3.8) is 0 Å². The second-order valence-electron chi connectivity index (χ2n) is 4.23. The van der Waals surface area contributed by atoms with Crippen molar-refractivity contribution in [2.24, 2.45) is 5.92 Å².